The quantitative estimate of drug-likeness (QED) is 0.296. The maximum atomic E-state index is 14.1. The molecule has 208 valence electrons. The lowest BCUT2D eigenvalue weighted by Crippen LogP contribution is -2.49. The number of ether oxygens (including phenoxy) is 4. The lowest BCUT2D eigenvalue weighted by atomic mass is 9.94. The number of sulfone groups is 1. The highest BCUT2D eigenvalue weighted by atomic mass is 32.2. The van der Waals surface area contributed by atoms with E-state index in [2.05, 4.69) is 5.32 Å². The summed E-state index contributed by atoms with van der Waals surface area (Å²) in [6.45, 7) is 8.37. The normalized spacial score (nSPS) is 17.2. The van der Waals surface area contributed by atoms with Crippen LogP contribution in [0.4, 0.5) is 0 Å². The first kappa shape index (κ1) is 29.7. The summed E-state index contributed by atoms with van der Waals surface area (Å²) in [7, 11) is -2.66. The Kier molecular flexibility index (Phi) is 10.8. The predicted molar refractivity (Wildman–Crippen MR) is 146 cm³/mol. The molecule has 0 amide bonds. The molecule has 1 aliphatic rings. The molecule has 1 N–H and O–H groups in total. The molecule has 0 aliphatic carbocycles. The number of hydrogen-bond donors (Lipinski definition) is 1. The van der Waals surface area contributed by atoms with E-state index in [-0.39, 0.29) is 30.4 Å². The van der Waals surface area contributed by atoms with Gasteiger partial charge in [-0.25, -0.2) is 8.42 Å². The summed E-state index contributed by atoms with van der Waals surface area (Å²) in [5.74, 6) is 0.424. The molecule has 8 nitrogen and oxygen atoms in total. The van der Waals surface area contributed by atoms with Crippen molar-refractivity contribution in [1.29, 1.82) is 0 Å². The number of allylic oxidation sites excluding steroid dienone is 2. The number of methoxy groups -OCH3 is 1. The molecule has 9 heteroatoms. The summed E-state index contributed by atoms with van der Waals surface area (Å²) >= 11 is 0. The van der Waals surface area contributed by atoms with Gasteiger partial charge in [0, 0.05) is 25.9 Å². The van der Waals surface area contributed by atoms with Crippen LogP contribution in [0.1, 0.15) is 39.2 Å². The molecule has 1 aliphatic heterocycles. The van der Waals surface area contributed by atoms with Gasteiger partial charge >= 0.3 is 5.97 Å². The van der Waals surface area contributed by atoms with Crippen LogP contribution in [0.2, 0.25) is 0 Å². The van der Waals surface area contributed by atoms with Crippen molar-refractivity contribution in [3.8, 4) is 11.5 Å². The van der Waals surface area contributed by atoms with Crippen molar-refractivity contribution < 1.29 is 32.2 Å². The van der Waals surface area contributed by atoms with Crippen molar-refractivity contribution in [2.75, 3.05) is 40.0 Å². The van der Waals surface area contributed by atoms with E-state index in [1.54, 1.807) is 49.4 Å². The number of carbonyl (C=O) groups excluding carboxylic acids is 1. The Bertz CT molecular complexity index is 1170. The maximum Gasteiger partial charge on any atom is 0.328 e. The van der Waals surface area contributed by atoms with Crippen molar-refractivity contribution in [3.63, 3.8) is 0 Å². The fourth-order valence-electron chi connectivity index (χ4n) is 4.30. The maximum absolute atomic E-state index is 14.1. The number of benzene rings is 2. The molecule has 1 fully saturated rings. The van der Waals surface area contributed by atoms with Gasteiger partial charge in [0.1, 0.15) is 11.5 Å². The second kappa shape index (κ2) is 13.8. The summed E-state index contributed by atoms with van der Waals surface area (Å²) in [4.78, 5) is 13.5. The molecular formula is C29H39NO7S. The Morgan fingerprint density at radius 1 is 1.11 bits per heavy atom. The topological polar surface area (TPSA) is 100 Å². The van der Waals surface area contributed by atoms with Gasteiger partial charge in [0.25, 0.3) is 0 Å². The first-order valence-electron chi connectivity index (χ1n) is 12.9. The fraction of sp³-hybridized carbons (Fsp3) is 0.483. The Morgan fingerprint density at radius 2 is 1.79 bits per heavy atom. The number of morpholine rings is 1. The van der Waals surface area contributed by atoms with E-state index in [0.29, 0.717) is 30.3 Å². The zero-order chi connectivity index (χ0) is 27.6. The third-order valence-corrected chi connectivity index (χ3v) is 8.90. The molecule has 2 atom stereocenters. The minimum atomic E-state index is -4.17. The summed E-state index contributed by atoms with van der Waals surface area (Å²) in [5.41, 5.74) is 1.59. The Labute approximate surface area is 226 Å². The second-order valence-electron chi connectivity index (χ2n) is 9.53. The molecule has 0 aromatic heterocycles. The average molecular weight is 546 g/mol. The Morgan fingerprint density at radius 3 is 2.37 bits per heavy atom. The Balaban J connectivity index is 1.89. The van der Waals surface area contributed by atoms with Gasteiger partial charge in [0.2, 0.25) is 0 Å². The van der Waals surface area contributed by atoms with Crippen LogP contribution in [0.5, 0.6) is 11.5 Å². The van der Waals surface area contributed by atoms with Crippen LogP contribution in [0.25, 0.3) is 0 Å². The van der Waals surface area contributed by atoms with Gasteiger partial charge in [-0.3, -0.25) is 4.79 Å². The van der Waals surface area contributed by atoms with Crippen molar-refractivity contribution in [2.24, 2.45) is 0 Å². The molecule has 0 bridgehead atoms. The third-order valence-electron chi connectivity index (χ3n) is 6.50. The van der Waals surface area contributed by atoms with E-state index in [1.165, 1.54) is 19.2 Å². The first-order valence-corrected chi connectivity index (χ1v) is 14.4. The molecular weight excluding hydrogens is 506 g/mol. The molecule has 38 heavy (non-hydrogen) atoms. The van der Waals surface area contributed by atoms with Gasteiger partial charge in [-0.05, 0) is 69.2 Å². The highest BCUT2D eigenvalue weighted by Gasteiger charge is 2.52. The SMILES string of the molecule is CCOC(=O)C(CC=C(C)C)(Cc1ccc(OCCC2CNCCO2)cc1)S(=O)(=O)c1ccc(OC)cc1. The van der Waals surface area contributed by atoms with Crippen LogP contribution in [0.3, 0.4) is 0 Å². The van der Waals surface area contributed by atoms with E-state index < -0.39 is 20.6 Å². The summed E-state index contributed by atoms with van der Waals surface area (Å²) in [5, 5.41) is 3.30. The molecule has 1 heterocycles. The summed E-state index contributed by atoms with van der Waals surface area (Å²) in [6.07, 6.45) is 2.61. The van der Waals surface area contributed by atoms with Crippen LogP contribution >= 0.6 is 0 Å². The van der Waals surface area contributed by atoms with Gasteiger partial charge in [0.15, 0.2) is 14.6 Å². The summed E-state index contributed by atoms with van der Waals surface area (Å²) in [6, 6.07) is 13.3. The largest absolute Gasteiger partial charge is 0.497 e. The zero-order valence-corrected chi connectivity index (χ0v) is 23.5. The monoisotopic (exact) mass is 545 g/mol. The smallest absolute Gasteiger partial charge is 0.328 e. The Hall–Kier alpha value is -2.88. The van der Waals surface area contributed by atoms with Crippen molar-refractivity contribution in [3.05, 3.63) is 65.7 Å². The first-order chi connectivity index (χ1) is 18.2. The summed E-state index contributed by atoms with van der Waals surface area (Å²) < 4.78 is 48.6. The highest BCUT2D eigenvalue weighted by molar-refractivity contribution is 7.93. The number of carbonyl (C=O) groups is 1. The number of hydrogen-bond acceptors (Lipinski definition) is 8. The minimum Gasteiger partial charge on any atom is -0.497 e. The molecule has 2 aromatic rings. The van der Waals surface area contributed by atoms with E-state index in [0.717, 1.165) is 25.1 Å². The van der Waals surface area contributed by atoms with Gasteiger partial charge in [-0.1, -0.05) is 23.8 Å². The molecule has 2 aromatic carbocycles. The van der Waals surface area contributed by atoms with Crippen LogP contribution in [-0.2, 0) is 30.5 Å². The lowest BCUT2D eigenvalue weighted by Gasteiger charge is -2.31. The van der Waals surface area contributed by atoms with Gasteiger partial charge in [-0.2, -0.15) is 0 Å². The lowest BCUT2D eigenvalue weighted by molar-refractivity contribution is -0.146. The molecule has 1 saturated heterocycles. The van der Waals surface area contributed by atoms with Crippen LogP contribution in [0.15, 0.2) is 65.1 Å². The molecule has 0 saturated carbocycles. The molecule has 3 rings (SSSR count). The van der Waals surface area contributed by atoms with Crippen molar-refractivity contribution in [2.45, 2.75) is 55.8 Å². The minimum absolute atomic E-state index is 0.0177. The number of nitrogens with one attached hydrogen (secondary N) is 1. The highest BCUT2D eigenvalue weighted by Crippen LogP contribution is 2.36. The van der Waals surface area contributed by atoms with Gasteiger partial charge in [0.05, 0.1) is 37.9 Å². The fourth-order valence-corrected chi connectivity index (χ4v) is 6.18. The van der Waals surface area contributed by atoms with Crippen molar-refractivity contribution >= 4 is 15.8 Å². The molecule has 2 unspecified atom stereocenters. The predicted octanol–water partition coefficient (Wildman–Crippen LogP) is 4.13. The zero-order valence-electron chi connectivity index (χ0n) is 22.7. The van der Waals surface area contributed by atoms with Crippen LogP contribution in [-0.4, -0.2) is 65.3 Å². The van der Waals surface area contributed by atoms with E-state index in [9.17, 15) is 13.2 Å². The number of rotatable bonds is 13. The van der Waals surface area contributed by atoms with Crippen molar-refractivity contribution in [1.82, 2.24) is 5.32 Å². The van der Waals surface area contributed by atoms with E-state index >= 15 is 0 Å². The van der Waals surface area contributed by atoms with E-state index in [4.69, 9.17) is 18.9 Å². The third kappa shape index (κ3) is 7.36. The van der Waals surface area contributed by atoms with Gasteiger partial charge < -0.3 is 24.3 Å². The average Bonchev–Trinajstić information content (AvgIpc) is 2.92. The standard InChI is InChI=1S/C29H39NO7S/c1-5-35-28(31)29(16-14-22(2)3,38(32,33)27-12-10-24(34-4)11-13-27)20-23-6-8-25(9-7-23)36-18-15-26-21-30-17-19-37-26/h6-14,26,30H,5,15-21H2,1-4H3. The molecule has 0 radical (unpaired) electrons. The van der Waals surface area contributed by atoms with Gasteiger partial charge in [-0.15, -0.1) is 0 Å². The molecule has 0 spiro atoms. The van der Waals surface area contributed by atoms with E-state index in [1.807, 2.05) is 13.8 Å². The number of esters is 1. The second-order valence-corrected chi connectivity index (χ2v) is 11.8. The van der Waals surface area contributed by atoms with Crippen LogP contribution in [0, 0.1) is 0 Å². The van der Waals surface area contributed by atoms with Crippen LogP contribution < -0.4 is 14.8 Å².